The molecule has 0 aliphatic carbocycles. The Kier molecular flexibility index (Phi) is 8.66. The highest BCUT2D eigenvalue weighted by Gasteiger charge is 2.31. The molecule has 3 aromatic carbocycles. The van der Waals surface area contributed by atoms with Gasteiger partial charge >= 0.3 is 0 Å². The Morgan fingerprint density at radius 1 is 1.00 bits per heavy atom. The third kappa shape index (κ3) is 5.67. The van der Waals surface area contributed by atoms with Crippen molar-refractivity contribution >= 4 is 34.2 Å². The third-order valence-corrected chi connectivity index (χ3v) is 7.32. The number of nitrogens with zero attached hydrogens (tertiary/aromatic N) is 2. The minimum atomic E-state index is -0.579. The minimum Gasteiger partial charge on any atom is -0.497 e. The van der Waals surface area contributed by atoms with E-state index in [-0.39, 0.29) is 30.2 Å². The SMILES string of the molecule is CC[C@@H](C)NC(=O)[C@H](CC)N(Cc1ccc(OC)cc1)C(=O)CCCN1C(=O)c2cccc3cccc1c23. The first kappa shape index (κ1) is 27.2. The summed E-state index contributed by atoms with van der Waals surface area (Å²) in [4.78, 5) is 43.3. The Hall–Kier alpha value is -3.87. The summed E-state index contributed by atoms with van der Waals surface area (Å²) in [6.45, 7) is 6.67. The first-order valence-electron chi connectivity index (χ1n) is 13.4. The molecule has 0 saturated carbocycles. The van der Waals surface area contributed by atoms with Crippen molar-refractivity contribution in [2.45, 2.75) is 65.1 Å². The van der Waals surface area contributed by atoms with Crippen molar-refractivity contribution in [1.82, 2.24) is 10.2 Å². The lowest BCUT2D eigenvalue weighted by Gasteiger charge is -2.32. The smallest absolute Gasteiger partial charge is 0.258 e. The number of methoxy groups -OCH3 is 1. The van der Waals surface area contributed by atoms with Crippen LogP contribution in [0.3, 0.4) is 0 Å². The Balaban J connectivity index is 1.49. The van der Waals surface area contributed by atoms with Gasteiger partial charge in [-0.2, -0.15) is 0 Å². The fourth-order valence-corrected chi connectivity index (χ4v) is 5.02. The van der Waals surface area contributed by atoms with Crippen molar-refractivity contribution < 1.29 is 19.1 Å². The summed E-state index contributed by atoms with van der Waals surface area (Å²) < 4.78 is 5.26. The number of carbonyl (C=O) groups excluding carboxylic acids is 3. The second-order valence-electron chi connectivity index (χ2n) is 9.85. The van der Waals surface area contributed by atoms with Crippen LogP contribution in [0.4, 0.5) is 5.69 Å². The van der Waals surface area contributed by atoms with E-state index in [1.807, 2.05) is 81.4 Å². The van der Waals surface area contributed by atoms with Gasteiger partial charge in [-0.25, -0.2) is 0 Å². The number of anilines is 1. The zero-order valence-electron chi connectivity index (χ0n) is 22.7. The quantitative estimate of drug-likeness (QED) is 0.355. The second-order valence-corrected chi connectivity index (χ2v) is 9.85. The van der Waals surface area contributed by atoms with Crippen molar-refractivity contribution in [3.63, 3.8) is 0 Å². The van der Waals surface area contributed by atoms with Crippen LogP contribution < -0.4 is 15.0 Å². The molecular formula is C31H37N3O4. The fourth-order valence-electron chi connectivity index (χ4n) is 5.02. The van der Waals surface area contributed by atoms with Gasteiger partial charge in [0.15, 0.2) is 0 Å². The van der Waals surface area contributed by atoms with Crippen LogP contribution in [0.1, 0.15) is 62.4 Å². The molecule has 7 nitrogen and oxygen atoms in total. The van der Waals surface area contributed by atoms with Gasteiger partial charge in [0.2, 0.25) is 11.8 Å². The third-order valence-electron chi connectivity index (χ3n) is 7.32. The van der Waals surface area contributed by atoms with E-state index in [9.17, 15) is 14.4 Å². The standard InChI is InChI=1S/C31H37N3O4/c1-5-21(3)32-30(36)26(6-2)34(20-22-15-17-24(38-4)18-16-22)28(35)14-9-19-33-27-13-8-11-23-10-7-12-25(29(23)27)31(33)37/h7-8,10-13,15-18,21,26H,5-6,9,14,19-20H2,1-4H3,(H,32,36)/t21-,26+/m1/s1. The van der Waals surface area contributed by atoms with Crippen LogP contribution in [0.5, 0.6) is 5.75 Å². The monoisotopic (exact) mass is 515 g/mol. The number of nitrogens with one attached hydrogen (secondary N) is 1. The zero-order chi connectivity index (χ0) is 27.2. The van der Waals surface area contributed by atoms with E-state index in [4.69, 9.17) is 4.74 Å². The van der Waals surface area contributed by atoms with E-state index in [2.05, 4.69) is 5.32 Å². The number of benzene rings is 3. The molecular weight excluding hydrogens is 478 g/mol. The summed E-state index contributed by atoms with van der Waals surface area (Å²) >= 11 is 0. The van der Waals surface area contributed by atoms with Crippen LogP contribution in [0.2, 0.25) is 0 Å². The van der Waals surface area contributed by atoms with Crippen LogP contribution in [0, 0.1) is 0 Å². The molecule has 1 heterocycles. The number of ether oxygens (including phenoxy) is 1. The van der Waals surface area contributed by atoms with Gasteiger partial charge in [-0.15, -0.1) is 0 Å². The Morgan fingerprint density at radius 2 is 1.71 bits per heavy atom. The Bertz CT molecular complexity index is 1300. The van der Waals surface area contributed by atoms with Crippen LogP contribution in [-0.2, 0) is 16.1 Å². The Labute approximate surface area is 224 Å². The number of amides is 3. The maximum Gasteiger partial charge on any atom is 0.258 e. The van der Waals surface area contributed by atoms with Gasteiger partial charge in [0.25, 0.3) is 5.91 Å². The van der Waals surface area contributed by atoms with Crippen molar-refractivity contribution in [3.05, 3.63) is 71.8 Å². The normalized spacial score (nSPS) is 13.9. The molecule has 0 fully saturated rings. The van der Waals surface area contributed by atoms with E-state index in [1.54, 1.807) is 16.9 Å². The average Bonchev–Trinajstić information content (AvgIpc) is 3.21. The number of hydrogen-bond acceptors (Lipinski definition) is 4. The lowest BCUT2D eigenvalue weighted by Crippen LogP contribution is -2.50. The summed E-state index contributed by atoms with van der Waals surface area (Å²) in [5.41, 5.74) is 2.52. The number of carbonyl (C=O) groups is 3. The van der Waals surface area contributed by atoms with E-state index >= 15 is 0 Å². The molecule has 1 aliphatic rings. The van der Waals surface area contributed by atoms with Crippen LogP contribution >= 0.6 is 0 Å². The van der Waals surface area contributed by atoms with E-state index in [0.29, 0.717) is 31.5 Å². The fraction of sp³-hybridized carbons (Fsp3) is 0.387. The predicted octanol–water partition coefficient (Wildman–Crippen LogP) is 5.31. The number of rotatable bonds is 12. The maximum atomic E-state index is 13.6. The van der Waals surface area contributed by atoms with Crippen LogP contribution in [0.15, 0.2) is 60.7 Å². The molecule has 0 unspecified atom stereocenters. The molecule has 3 amide bonds. The highest BCUT2D eigenvalue weighted by atomic mass is 16.5. The van der Waals surface area contributed by atoms with Gasteiger partial charge in [-0.05, 0) is 61.4 Å². The second kappa shape index (κ2) is 12.1. The lowest BCUT2D eigenvalue weighted by molar-refractivity contribution is -0.141. The summed E-state index contributed by atoms with van der Waals surface area (Å²) in [5.74, 6) is 0.466. The van der Waals surface area contributed by atoms with Gasteiger partial charge in [0, 0.05) is 36.5 Å². The topological polar surface area (TPSA) is 79.0 Å². The molecule has 38 heavy (non-hydrogen) atoms. The molecule has 4 rings (SSSR count). The average molecular weight is 516 g/mol. The summed E-state index contributed by atoms with van der Waals surface area (Å²) in [5, 5.41) is 5.05. The molecule has 0 spiro atoms. The Morgan fingerprint density at radius 3 is 2.37 bits per heavy atom. The summed E-state index contributed by atoms with van der Waals surface area (Å²) in [6.07, 6.45) is 2.05. The van der Waals surface area contributed by atoms with E-state index in [0.717, 1.165) is 34.2 Å². The molecule has 3 aromatic rings. The predicted molar refractivity (Wildman–Crippen MR) is 150 cm³/mol. The largest absolute Gasteiger partial charge is 0.497 e. The van der Waals surface area contributed by atoms with E-state index < -0.39 is 6.04 Å². The lowest BCUT2D eigenvalue weighted by atomic mass is 10.1. The van der Waals surface area contributed by atoms with Crippen LogP contribution in [-0.4, -0.2) is 48.4 Å². The first-order chi connectivity index (χ1) is 18.4. The van der Waals surface area contributed by atoms with Crippen molar-refractivity contribution in [1.29, 1.82) is 0 Å². The molecule has 0 saturated heterocycles. The molecule has 2 atom stereocenters. The summed E-state index contributed by atoms with van der Waals surface area (Å²) in [6, 6.07) is 18.7. The highest BCUT2D eigenvalue weighted by Crippen LogP contribution is 2.37. The van der Waals surface area contributed by atoms with Gasteiger partial charge in [-0.1, -0.05) is 50.2 Å². The minimum absolute atomic E-state index is 0.0278. The molecule has 0 bridgehead atoms. The molecule has 0 radical (unpaired) electrons. The van der Waals surface area contributed by atoms with Gasteiger partial charge in [0.1, 0.15) is 11.8 Å². The van der Waals surface area contributed by atoms with Crippen molar-refractivity contribution in [2.24, 2.45) is 0 Å². The van der Waals surface area contributed by atoms with Crippen molar-refractivity contribution in [3.8, 4) is 5.75 Å². The van der Waals surface area contributed by atoms with Gasteiger partial charge in [0.05, 0.1) is 12.8 Å². The van der Waals surface area contributed by atoms with Crippen molar-refractivity contribution in [2.75, 3.05) is 18.6 Å². The molecule has 200 valence electrons. The number of hydrogen-bond donors (Lipinski definition) is 1. The van der Waals surface area contributed by atoms with Gasteiger partial charge < -0.3 is 19.9 Å². The molecule has 7 heteroatoms. The van der Waals surface area contributed by atoms with E-state index in [1.165, 1.54) is 0 Å². The molecule has 1 N–H and O–H groups in total. The maximum absolute atomic E-state index is 13.6. The first-order valence-corrected chi connectivity index (χ1v) is 13.4. The molecule has 0 aromatic heterocycles. The summed E-state index contributed by atoms with van der Waals surface area (Å²) in [7, 11) is 1.61. The highest BCUT2D eigenvalue weighted by molar-refractivity contribution is 6.25. The molecule has 1 aliphatic heterocycles. The van der Waals surface area contributed by atoms with Crippen LogP contribution in [0.25, 0.3) is 10.8 Å². The van der Waals surface area contributed by atoms with Gasteiger partial charge in [-0.3, -0.25) is 14.4 Å². The zero-order valence-corrected chi connectivity index (χ0v) is 22.7.